The molecule has 23 heavy (non-hydrogen) atoms. The molecule has 1 heterocycles. The number of guanidine groups is 1. The number of aliphatic imine (C=N–C) groups is 1. The van der Waals surface area contributed by atoms with E-state index in [0.717, 1.165) is 19.0 Å². The van der Waals surface area contributed by atoms with E-state index in [1.54, 1.807) is 30.3 Å². The number of rotatable bonds is 7. The maximum Gasteiger partial charge on any atom is 0.243 e. The monoisotopic (exact) mass is 336 g/mol. The summed E-state index contributed by atoms with van der Waals surface area (Å²) in [5.74, 6) is 0.740. The van der Waals surface area contributed by atoms with Gasteiger partial charge in [-0.3, -0.25) is 4.79 Å². The lowest BCUT2D eigenvalue weighted by Crippen LogP contribution is -2.46. The van der Waals surface area contributed by atoms with Crippen LogP contribution in [0.3, 0.4) is 0 Å². The minimum absolute atomic E-state index is 0.0103. The molecule has 5 nitrogen and oxygen atoms in total. The van der Waals surface area contributed by atoms with Crippen LogP contribution in [-0.2, 0) is 11.3 Å². The van der Waals surface area contributed by atoms with Gasteiger partial charge in [0.2, 0.25) is 5.91 Å². The van der Waals surface area contributed by atoms with Crippen molar-refractivity contribution in [2.24, 2.45) is 10.4 Å². The van der Waals surface area contributed by atoms with Crippen LogP contribution in [-0.4, -0.2) is 44.0 Å². The van der Waals surface area contributed by atoms with Gasteiger partial charge >= 0.3 is 0 Å². The number of nitrogens with zero attached hydrogens (tertiary/aromatic N) is 2. The van der Waals surface area contributed by atoms with E-state index in [9.17, 15) is 4.79 Å². The summed E-state index contributed by atoms with van der Waals surface area (Å²) in [4.78, 5) is 19.0. The highest BCUT2D eigenvalue weighted by atomic mass is 32.1. The highest BCUT2D eigenvalue weighted by Crippen LogP contribution is 2.42. The molecule has 0 unspecified atom stereocenters. The van der Waals surface area contributed by atoms with Crippen LogP contribution < -0.4 is 10.6 Å². The lowest BCUT2D eigenvalue weighted by atomic mass is 9.67. The summed E-state index contributed by atoms with van der Waals surface area (Å²) in [7, 11) is 3.51. The second-order valence-electron chi connectivity index (χ2n) is 6.45. The van der Waals surface area contributed by atoms with Gasteiger partial charge in [0.25, 0.3) is 0 Å². The summed E-state index contributed by atoms with van der Waals surface area (Å²) in [6.45, 7) is 4.09. The van der Waals surface area contributed by atoms with Crippen LogP contribution in [0.25, 0.3) is 0 Å². The number of nitrogens with one attached hydrogen (secondary N) is 2. The largest absolute Gasteiger partial charge is 0.356 e. The molecule has 6 heteroatoms. The zero-order valence-electron chi connectivity index (χ0n) is 14.4. The maximum atomic E-state index is 11.8. The Morgan fingerprint density at radius 1 is 1.39 bits per heavy atom. The van der Waals surface area contributed by atoms with E-state index in [1.807, 2.05) is 6.07 Å². The molecule has 0 spiro atoms. The third kappa shape index (κ3) is 5.23. The molecule has 0 aromatic carbocycles. The number of thiophene rings is 1. The van der Waals surface area contributed by atoms with E-state index in [-0.39, 0.29) is 12.5 Å². The van der Waals surface area contributed by atoms with Gasteiger partial charge in [-0.1, -0.05) is 19.4 Å². The third-order valence-electron chi connectivity index (χ3n) is 4.68. The smallest absolute Gasteiger partial charge is 0.243 e. The van der Waals surface area contributed by atoms with Crippen LogP contribution in [0.15, 0.2) is 22.5 Å². The van der Waals surface area contributed by atoms with Crippen LogP contribution in [0, 0.1) is 5.41 Å². The molecule has 0 aliphatic heterocycles. The number of likely N-dealkylation sites (N-methyl/N-ethyl adjacent to an activating group) is 1. The molecule has 1 aromatic heterocycles. The number of carbonyl (C=O) groups excluding carboxylic acids is 1. The van der Waals surface area contributed by atoms with Gasteiger partial charge in [0, 0.05) is 25.5 Å². The zero-order chi connectivity index (χ0) is 16.7. The van der Waals surface area contributed by atoms with Crippen LogP contribution in [0.5, 0.6) is 0 Å². The average Bonchev–Trinajstić information content (AvgIpc) is 3.01. The predicted molar refractivity (Wildman–Crippen MR) is 96.7 cm³/mol. The van der Waals surface area contributed by atoms with E-state index in [4.69, 9.17) is 0 Å². The second-order valence-corrected chi connectivity index (χ2v) is 7.48. The quantitative estimate of drug-likeness (QED) is 0.594. The van der Waals surface area contributed by atoms with Crippen molar-refractivity contribution in [2.45, 2.75) is 39.2 Å². The van der Waals surface area contributed by atoms with E-state index in [1.165, 1.54) is 30.6 Å². The molecule has 2 rings (SSSR count). The van der Waals surface area contributed by atoms with E-state index in [0.29, 0.717) is 5.41 Å². The summed E-state index contributed by atoms with van der Waals surface area (Å²) in [5, 5.41) is 8.85. The van der Waals surface area contributed by atoms with Crippen molar-refractivity contribution in [3.63, 3.8) is 0 Å². The van der Waals surface area contributed by atoms with Crippen molar-refractivity contribution in [2.75, 3.05) is 27.2 Å². The Morgan fingerprint density at radius 3 is 2.70 bits per heavy atom. The fraction of sp³-hybridized carbons (Fsp3) is 0.647. The highest BCUT2D eigenvalue weighted by molar-refractivity contribution is 7.09. The van der Waals surface area contributed by atoms with Crippen LogP contribution in [0.4, 0.5) is 0 Å². The van der Waals surface area contributed by atoms with Gasteiger partial charge in [-0.05, 0) is 36.1 Å². The van der Waals surface area contributed by atoms with Crippen molar-refractivity contribution in [3.8, 4) is 0 Å². The number of amides is 1. The first-order valence-electron chi connectivity index (χ1n) is 8.29. The molecule has 1 aromatic rings. The Hall–Kier alpha value is -1.56. The fourth-order valence-corrected chi connectivity index (χ4v) is 3.29. The normalized spacial score (nSPS) is 16.6. The van der Waals surface area contributed by atoms with Gasteiger partial charge in [-0.2, -0.15) is 0 Å². The molecule has 0 radical (unpaired) electrons. The summed E-state index contributed by atoms with van der Waals surface area (Å²) in [5.41, 5.74) is 0.414. The average molecular weight is 337 g/mol. The van der Waals surface area contributed by atoms with Crippen LogP contribution >= 0.6 is 11.3 Å². The van der Waals surface area contributed by atoms with Crippen molar-refractivity contribution >= 4 is 23.2 Å². The van der Waals surface area contributed by atoms with Gasteiger partial charge in [0.05, 0.1) is 6.54 Å². The Bertz CT molecular complexity index is 515. The molecule has 0 atom stereocenters. The lowest BCUT2D eigenvalue weighted by molar-refractivity contribution is -0.127. The van der Waals surface area contributed by atoms with Gasteiger partial charge in [-0.25, -0.2) is 4.99 Å². The first kappa shape index (κ1) is 17.8. The number of hydrogen-bond donors (Lipinski definition) is 2. The maximum absolute atomic E-state index is 11.8. The van der Waals surface area contributed by atoms with Crippen molar-refractivity contribution in [1.82, 2.24) is 15.5 Å². The van der Waals surface area contributed by atoms with Gasteiger partial charge in [0.1, 0.15) is 6.54 Å². The van der Waals surface area contributed by atoms with Gasteiger partial charge in [-0.15, -0.1) is 11.3 Å². The highest BCUT2D eigenvalue weighted by Gasteiger charge is 2.34. The van der Waals surface area contributed by atoms with Crippen molar-refractivity contribution < 1.29 is 4.79 Å². The van der Waals surface area contributed by atoms with E-state index < -0.39 is 0 Å². The predicted octanol–water partition coefficient (Wildman–Crippen LogP) is 2.45. The molecule has 0 bridgehead atoms. The Kier molecular flexibility index (Phi) is 6.45. The van der Waals surface area contributed by atoms with Gasteiger partial charge < -0.3 is 15.5 Å². The zero-order valence-corrected chi connectivity index (χ0v) is 15.2. The summed E-state index contributed by atoms with van der Waals surface area (Å²) in [6.07, 6.45) is 5.08. The molecular weight excluding hydrogens is 308 g/mol. The molecule has 1 aliphatic rings. The Morgan fingerprint density at radius 2 is 2.17 bits per heavy atom. The van der Waals surface area contributed by atoms with Crippen LogP contribution in [0.1, 0.15) is 37.5 Å². The fourth-order valence-electron chi connectivity index (χ4n) is 2.65. The number of carbonyl (C=O) groups is 1. The molecule has 2 N–H and O–H groups in total. The number of hydrogen-bond acceptors (Lipinski definition) is 3. The molecule has 1 aliphatic carbocycles. The summed E-state index contributed by atoms with van der Waals surface area (Å²) >= 11 is 1.72. The SMILES string of the molecule is CCC1(CNC(=NCC(=O)N(C)C)NCc2cccs2)CCC1. The first-order chi connectivity index (χ1) is 11.0. The van der Waals surface area contributed by atoms with Crippen molar-refractivity contribution in [1.29, 1.82) is 0 Å². The second kappa shape index (κ2) is 8.34. The van der Waals surface area contributed by atoms with E-state index in [2.05, 4.69) is 34.0 Å². The molecule has 1 fully saturated rings. The van der Waals surface area contributed by atoms with Gasteiger partial charge in [0.15, 0.2) is 5.96 Å². The lowest BCUT2D eigenvalue weighted by Gasteiger charge is -2.41. The van der Waals surface area contributed by atoms with Crippen LogP contribution in [0.2, 0.25) is 0 Å². The third-order valence-corrected chi connectivity index (χ3v) is 5.55. The molecule has 0 saturated heterocycles. The molecule has 1 saturated carbocycles. The summed E-state index contributed by atoms with van der Waals surface area (Å²) in [6, 6.07) is 4.14. The Labute approximate surface area is 143 Å². The van der Waals surface area contributed by atoms with Crippen molar-refractivity contribution in [3.05, 3.63) is 22.4 Å². The van der Waals surface area contributed by atoms with E-state index >= 15 is 0 Å². The topological polar surface area (TPSA) is 56.7 Å². The standard InChI is InChI=1S/C17H28N4OS/c1-4-17(8-6-9-17)13-20-16(19-12-15(22)21(2)3)18-11-14-7-5-10-23-14/h5,7,10H,4,6,8-9,11-13H2,1-3H3,(H2,18,19,20). The minimum Gasteiger partial charge on any atom is -0.356 e. The first-order valence-corrected chi connectivity index (χ1v) is 9.17. The molecule has 1 amide bonds. The molecular formula is C17H28N4OS. The summed E-state index contributed by atoms with van der Waals surface area (Å²) < 4.78 is 0. The molecule has 128 valence electrons. The Balaban J connectivity index is 1.92. The minimum atomic E-state index is 0.0103.